The Morgan fingerprint density at radius 3 is 0.857 bits per heavy atom. The summed E-state index contributed by atoms with van der Waals surface area (Å²) in [5.41, 5.74) is 6.30. The minimum absolute atomic E-state index is 0.766. The SMILES string of the molecule is CC1=[C](C)[Ge]([CH]2C=CC=C2)[C](C)=C1C.CC1=[C](C)[Ge]([CH]2C=CC=C2)[C](C)=C1C. The second kappa shape index (κ2) is 8.79. The monoisotopic (exact) mass is 494 g/mol. The van der Waals surface area contributed by atoms with Crippen LogP contribution in [0.25, 0.3) is 0 Å². The van der Waals surface area contributed by atoms with Gasteiger partial charge in [-0.3, -0.25) is 0 Å². The molecule has 0 bridgehead atoms. The molecule has 4 rings (SSSR count). The fourth-order valence-corrected chi connectivity index (χ4v) is 18.8. The van der Waals surface area contributed by atoms with E-state index in [4.69, 9.17) is 0 Å². The molecule has 0 amide bonds. The van der Waals surface area contributed by atoms with Crippen LogP contribution in [0, 0.1) is 0 Å². The van der Waals surface area contributed by atoms with Crippen molar-refractivity contribution in [3.05, 3.63) is 88.5 Å². The van der Waals surface area contributed by atoms with Gasteiger partial charge in [0.2, 0.25) is 0 Å². The van der Waals surface area contributed by atoms with Crippen LogP contribution in [-0.4, -0.2) is 28.7 Å². The van der Waals surface area contributed by atoms with Crippen molar-refractivity contribution in [1.82, 2.24) is 0 Å². The molecule has 2 heteroatoms. The van der Waals surface area contributed by atoms with E-state index in [2.05, 4.69) is 104 Å². The molecule has 2 heterocycles. The van der Waals surface area contributed by atoms with Crippen LogP contribution >= 0.6 is 0 Å². The van der Waals surface area contributed by atoms with Crippen LogP contribution in [-0.2, 0) is 0 Å². The van der Waals surface area contributed by atoms with Gasteiger partial charge >= 0.3 is 182 Å². The van der Waals surface area contributed by atoms with Crippen molar-refractivity contribution in [2.45, 2.75) is 64.9 Å². The summed E-state index contributed by atoms with van der Waals surface area (Å²) >= 11 is -2.30. The van der Waals surface area contributed by atoms with Gasteiger partial charge in [0.05, 0.1) is 0 Å². The molecule has 0 atom stereocenters. The Labute approximate surface area is 181 Å². The second-order valence-electron chi connectivity index (χ2n) is 8.42. The van der Waals surface area contributed by atoms with Crippen molar-refractivity contribution in [2.75, 3.05) is 0 Å². The van der Waals surface area contributed by atoms with Crippen molar-refractivity contribution < 1.29 is 0 Å². The van der Waals surface area contributed by atoms with Crippen LogP contribution in [0.15, 0.2) is 88.5 Å². The van der Waals surface area contributed by atoms with E-state index >= 15 is 0 Å². The summed E-state index contributed by atoms with van der Waals surface area (Å²) in [6.07, 6.45) is 18.3. The van der Waals surface area contributed by atoms with E-state index in [0.717, 1.165) is 9.50 Å². The van der Waals surface area contributed by atoms with Crippen LogP contribution in [0.1, 0.15) is 55.4 Å². The average Bonchev–Trinajstić information content (AvgIpc) is 3.45. The summed E-state index contributed by atoms with van der Waals surface area (Å²) in [6, 6.07) is 0. The zero-order valence-corrected chi connectivity index (χ0v) is 23.0. The van der Waals surface area contributed by atoms with E-state index in [9.17, 15) is 0 Å². The molecule has 0 unspecified atom stereocenters. The summed E-state index contributed by atoms with van der Waals surface area (Å²) in [7, 11) is 0. The van der Waals surface area contributed by atoms with Crippen molar-refractivity contribution in [3.63, 3.8) is 0 Å². The summed E-state index contributed by atoms with van der Waals surface area (Å²) in [5.74, 6) is 0. The standard InChI is InChI=1S/2C13H17Ge/c2*1-9-10(2)12(4)14(11(9)3)13-7-5-6-8-13/h2*5-8,13H,1-4H3. The van der Waals surface area contributed by atoms with Crippen molar-refractivity contribution >= 4 is 28.7 Å². The van der Waals surface area contributed by atoms with Crippen LogP contribution in [0.4, 0.5) is 0 Å². The third-order valence-corrected chi connectivity index (χ3v) is 21.5. The van der Waals surface area contributed by atoms with E-state index in [-0.39, 0.29) is 0 Å². The minimum atomic E-state index is -1.15. The average molecular weight is 492 g/mol. The Kier molecular flexibility index (Phi) is 6.82. The van der Waals surface area contributed by atoms with E-state index < -0.39 is 28.7 Å². The van der Waals surface area contributed by atoms with Gasteiger partial charge in [-0.2, -0.15) is 0 Å². The zero-order valence-electron chi connectivity index (χ0n) is 18.8. The molecule has 2 aliphatic heterocycles. The Hall–Kier alpha value is -0.994. The van der Waals surface area contributed by atoms with Gasteiger partial charge in [-0.1, -0.05) is 0 Å². The Bertz CT molecular complexity index is 764. The maximum absolute atomic E-state index is 2.38. The van der Waals surface area contributed by atoms with Crippen LogP contribution in [0.3, 0.4) is 0 Å². The van der Waals surface area contributed by atoms with Crippen molar-refractivity contribution in [3.8, 4) is 0 Å². The van der Waals surface area contributed by atoms with Gasteiger partial charge < -0.3 is 0 Å². The first kappa shape index (κ1) is 21.7. The molecule has 0 nitrogen and oxygen atoms in total. The molecule has 0 saturated heterocycles. The third kappa shape index (κ3) is 3.87. The quantitative estimate of drug-likeness (QED) is 0.351. The molecule has 0 spiro atoms. The molecule has 4 aliphatic rings. The molecule has 0 fully saturated rings. The molecule has 0 aromatic rings. The number of rotatable bonds is 2. The molecule has 146 valence electrons. The van der Waals surface area contributed by atoms with Crippen LogP contribution in [0.5, 0.6) is 0 Å². The Balaban J connectivity index is 0.000000161. The zero-order chi connectivity index (χ0) is 20.6. The summed E-state index contributed by atoms with van der Waals surface area (Å²) in [6.45, 7) is 18.6. The molecular formula is C26H34Ge2. The molecule has 28 heavy (non-hydrogen) atoms. The molecule has 0 aromatic heterocycles. The first-order valence-electron chi connectivity index (χ1n) is 10.4. The van der Waals surface area contributed by atoms with Gasteiger partial charge in [0.1, 0.15) is 0 Å². The van der Waals surface area contributed by atoms with Gasteiger partial charge in [0.25, 0.3) is 0 Å². The first-order chi connectivity index (χ1) is 13.3. The van der Waals surface area contributed by atoms with E-state index in [1.54, 1.807) is 39.9 Å². The predicted octanol–water partition coefficient (Wildman–Crippen LogP) is 7.48. The molecule has 0 saturated carbocycles. The normalized spacial score (nSPS) is 23.4. The van der Waals surface area contributed by atoms with Crippen molar-refractivity contribution in [2.24, 2.45) is 0 Å². The fourth-order valence-electron chi connectivity index (χ4n) is 4.74. The van der Waals surface area contributed by atoms with Gasteiger partial charge in [-0.05, 0) is 0 Å². The predicted molar refractivity (Wildman–Crippen MR) is 129 cm³/mol. The molecule has 0 N–H and O–H groups in total. The second-order valence-corrected chi connectivity index (χ2v) is 21.0. The number of hydrogen-bond donors (Lipinski definition) is 0. The van der Waals surface area contributed by atoms with Gasteiger partial charge in [0.15, 0.2) is 0 Å². The van der Waals surface area contributed by atoms with E-state index in [0.29, 0.717) is 0 Å². The topological polar surface area (TPSA) is 0 Å². The molecular weight excluding hydrogens is 458 g/mol. The Morgan fingerprint density at radius 2 is 0.643 bits per heavy atom. The summed E-state index contributed by atoms with van der Waals surface area (Å²) in [4.78, 5) is 0. The summed E-state index contributed by atoms with van der Waals surface area (Å²) < 4.78 is 8.43. The number of allylic oxidation sites excluding steroid dienone is 16. The van der Waals surface area contributed by atoms with Crippen molar-refractivity contribution in [1.29, 1.82) is 0 Å². The van der Waals surface area contributed by atoms with Gasteiger partial charge in [-0.15, -0.1) is 0 Å². The van der Waals surface area contributed by atoms with Crippen LogP contribution in [0.2, 0.25) is 9.50 Å². The third-order valence-electron chi connectivity index (χ3n) is 7.15. The van der Waals surface area contributed by atoms with E-state index in [1.165, 1.54) is 0 Å². The first-order valence-corrected chi connectivity index (χ1v) is 17.0. The van der Waals surface area contributed by atoms with Gasteiger partial charge in [-0.25, -0.2) is 0 Å². The van der Waals surface area contributed by atoms with E-state index in [1.807, 2.05) is 0 Å². The molecule has 2 aliphatic carbocycles. The van der Waals surface area contributed by atoms with Gasteiger partial charge in [0, 0.05) is 0 Å². The summed E-state index contributed by atoms with van der Waals surface area (Å²) in [5, 5.41) is 0. The fraction of sp³-hybridized carbons (Fsp3) is 0.385. The molecule has 0 aromatic carbocycles. The van der Waals surface area contributed by atoms with Crippen LogP contribution < -0.4 is 0 Å². The molecule has 2 radical (unpaired) electrons. The maximum atomic E-state index is 2.38. The number of hydrogen-bond acceptors (Lipinski definition) is 0. The Morgan fingerprint density at radius 1 is 0.429 bits per heavy atom.